The molecule has 2 heterocycles. The highest BCUT2D eigenvalue weighted by Gasteiger charge is 2.37. The van der Waals surface area contributed by atoms with Crippen molar-refractivity contribution in [2.24, 2.45) is 0 Å². The van der Waals surface area contributed by atoms with Gasteiger partial charge in [-0.25, -0.2) is 0 Å². The predicted molar refractivity (Wildman–Crippen MR) is 73.5 cm³/mol. The third kappa shape index (κ3) is 2.05. The number of piperidine rings is 1. The predicted octanol–water partition coefficient (Wildman–Crippen LogP) is 1.97. The van der Waals surface area contributed by atoms with Gasteiger partial charge in [0.2, 0.25) is 5.91 Å². The van der Waals surface area contributed by atoms with Gasteiger partial charge in [0.15, 0.2) is 0 Å². The molecule has 0 aromatic rings. The summed E-state index contributed by atoms with van der Waals surface area (Å²) in [6, 6.07) is -0.0440. The number of nitrogens with zero attached hydrogens (tertiary/aromatic N) is 2. The Labute approximate surface area is 113 Å². The highest BCUT2D eigenvalue weighted by molar-refractivity contribution is 5.84. The molecule has 2 fully saturated rings. The van der Waals surface area contributed by atoms with Gasteiger partial charge in [-0.15, -0.1) is 0 Å². The number of rotatable bonds is 1. The fourth-order valence-electron chi connectivity index (χ4n) is 3.22. The molecule has 2 saturated heterocycles. The van der Waals surface area contributed by atoms with Gasteiger partial charge in [-0.1, -0.05) is 12.2 Å². The first-order valence-electron chi connectivity index (χ1n) is 6.99. The number of hydrogen-bond acceptors (Lipinski definition) is 3. The molecule has 4 nitrogen and oxygen atoms in total. The quantitative estimate of drug-likeness (QED) is 0.784. The molecule has 1 aliphatic carbocycles. The fourth-order valence-corrected chi connectivity index (χ4v) is 3.22. The second kappa shape index (κ2) is 4.76. The number of fused-ring (bicyclic) bond motifs is 1. The average Bonchev–Trinajstić information content (AvgIpc) is 2.62. The number of aliphatic hydroxyl groups excluding tert-OH is 1. The number of aliphatic hydroxyl groups is 1. The van der Waals surface area contributed by atoms with E-state index in [1.165, 1.54) is 0 Å². The molecule has 1 atom stereocenters. The van der Waals surface area contributed by atoms with Crippen molar-refractivity contribution in [1.29, 1.82) is 0 Å². The van der Waals surface area contributed by atoms with Crippen LogP contribution in [-0.2, 0) is 4.79 Å². The minimum atomic E-state index is -0.0440. The minimum absolute atomic E-state index is 0.0440. The highest BCUT2D eigenvalue weighted by Crippen LogP contribution is 2.34. The second-order valence-electron chi connectivity index (χ2n) is 5.45. The van der Waals surface area contributed by atoms with Gasteiger partial charge in [-0.3, -0.25) is 4.79 Å². The molecule has 0 saturated carbocycles. The highest BCUT2D eigenvalue weighted by atomic mass is 16.3. The molecule has 19 heavy (non-hydrogen) atoms. The summed E-state index contributed by atoms with van der Waals surface area (Å²) in [6.07, 6.45) is 9.48. The van der Waals surface area contributed by atoms with Crippen LogP contribution in [0, 0.1) is 0 Å². The first kappa shape index (κ1) is 12.3. The van der Waals surface area contributed by atoms with Crippen LogP contribution in [0.2, 0.25) is 0 Å². The molecule has 0 radical (unpaired) electrons. The first-order chi connectivity index (χ1) is 9.18. The van der Waals surface area contributed by atoms with Crippen LogP contribution in [0.4, 0.5) is 0 Å². The zero-order valence-electron chi connectivity index (χ0n) is 11.3. The molecule has 3 rings (SSSR count). The van der Waals surface area contributed by atoms with E-state index in [-0.39, 0.29) is 11.9 Å². The summed E-state index contributed by atoms with van der Waals surface area (Å²) < 4.78 is 0. The number of allylic oxidation sites excluding steroid dienone is 4. The molecule has 1 amide bonds. The van der Waals surface area contributed by atoms with Crippen molar-refractivity contribution in [2.45, 2.75) is 31.7 Å². The van der Waals surface area contributed by atoms with Crippen molar-refractivity contribution in [3.05, 3.63) is 35.3 Å². The van der Waals surface area contributed by atoms with E-state index >= 15 is 0 Å². The summed E-state index contributed by atoms with van der Waals surface area (Å²) in [5, 5.41) is 10.1. The molecular formula is C15H20N2O2. The Kier molecular flexibility index (Phi) is 3.09. The van der Waals surface area contributed by atoms with Crippen LogP contribution in [0.1, 0.15) is 25.7 Å². The Bertz CT molecular complexity index is 490. The number of carbonyl (C=O) groups excluding carboxylic acids is 1. The SMILES string of the molecule is CN1CCC(N2CCCC3=C(O)C=CCC=C32)C1=O. The van der Waals surface area contributed by atoms with Gasteiger partial charge in [-0.05, 0) is 31.8 Å². The van der Waals surface area contributed by atoms with Crippen molar-refractivity contribution in [2.75, 3.05) is 20.1 Å². The van der Waals surface area contributed by atoms with Gasteiger partial charge in [0.1, 0.15) is 11.8 Å². The third-order valence-electron chi connectivity index (χ3n) is 4.25. The maximum Gasteiger partial charge on any atom is 0.245 e. The Morgan fingerprint density at radius 2 is 2.21 bits per heavy atom. The van der Waals surface area contributed by atoms with Crippen LogP contribution < -0.4 is 0 Å². The molecule has 102 valence electrons. The zero-order chi connectivity index (χ0) is 13.4. The number of likely N-dealkylation sites (N-methyl/N-ethyl adjacent to an activating group) is 1. The Morgan fingerprint density at radius 1 is 1.37 bits per heavy atom. The van der Waals surface area contributed by atoms with Gasteiger partial charge in [-0.2, -0.15) is 0 Å². The lowest BCUT2D eigenvalue weighted by Gasteiger charge is -2.37. The topological polar surface area (TPSA) is 43.8 Å². The largest absolute Gasteiger partial charge is 0.508 e. The average molecular weight is 260 g/mol. The summed E-state index contributed by atoms with van der Waals surface area (Å²) in [5.74, 6) is 0.575. The van der Waals surface area contributed by atoms with Crippen LogP contribution in [-0.4, -0.2) is 47.0 Å². The molecular weight excluding hydrogens is 240 g/mol. The number of likely N-dealkylation sites (tertiary alicyclic amines) is 2. The van der Waals surface area contributed by atoms with E-state index in [0.717, 1.165) is 50.0 Å². The van der Waals surface area contributed by atoms with Crippen LogP contribution in [0.15, 0.2) is 35.3 Å². The summed E-state index contributed by atoms with van der Waals surface area (Å²) in [5.41, 5.74) is 2.07. The van der Waals surface area contributed by atoms with Crippen molar-refractivity contribution in [3.8, 4) is 0 Å². The smallest absolute Gasteiger partial charge is 0.245 e. The molecule has 3 aliphatic rings. The van der Waals surface area contributed by atoms with Crippen LogP contribution in [0.25, 0.3) is 0 Å². The molecule has 0 aromatic heterocycles. The van der Waals surface area contributed by atoms with Gasteiger partial charge in [0, 0.05) is 31.4 Å². The van der Waals surface area contributed by atoms with E-state index in [4.69, 9.17) is 0 Å². The van der Waals surface area contributed by atoms with Crippen LogP contribution in [0.3, 0.4) is 0 Å². The summed E-state index contributed by atoms with van der Waals surface area (Å²) in [4.78, 5) is 16.2. The lowest BCUT2D eigenvalue weighted by atomic mass is 9.96. The van der Waals surface area contributed by atoms with Crippen molar-refractivity contribution < 1.29 is 9.90 Å². The van der Waals surface area contributed by atoms with Gasteiger partial charge in [0.25, 0.3) is 0 Å². The maximum absolute atomic E-state index is 12.2. The van der Waals surface area contributed by atoms with Crippen molar-refractivity contribution in [1.82, 2.24) is 9.80 Å². The molecule has 0 bridgehead atoms. The number of carbonyl (C=O) groups is 1. The summed E-state index contributed by atoms with van der Waals surface area (Å²) >= 11 is 0. The number of hydrogen-bond donors (Lipinski definition) is 1. The van der Waals surface area contributed by atoms with E-state index in [9.17, 15) is 9.90 Å². The maximum atomic E-state index is 12.2. The van der Waals surface area contributed by atoms with Crippen LogP contribution in [0.5, 0.6) is 0 Å². The van der Waals surface area contributed by atoms with E-state index < -0.39 is 0 Å². The van der Waals surface area contributed by atoms with Crippen LogP contribution >= 0.6 is 0 Å². The second-order valence-corrected chi connectivity index (χ2v) is 5.45. The van der Waals surface area contributed by atoms with E-state index in [2.05, 4.69) is 11.0 Å². The monoisotopic (exact) mass is 260 g/mol. The Balaban J connectivity index is 1.93. The lowest BCUT2D eigenvalue weighted by molar-refractivity contribution is -0.130. The normalized spacial score (nSPS) is 27.5. The fraction of sp³-hybridized carbons (Fsp3) is 0.533. The van der Waals surface area contributed by atoms with Crippen molar-refractivity contribution in [3.63, 3.8) is 0 Å². The molecule has 2 aliphatic heterocycles. The molecule has 1 N–H and O–H groups in total. The molecule has 1 unspecified atom stereocenters. The Morgan fingerprint density at radius 3 is 2.95 bits per heavy atom. The Hall–Kier alpha value is -1.71. The van der Waals surface area contributed by atoms with Crippen molar-refractivity contribution >= 4 is 5.91 Å². The van der Waals surface area contributed by atoms with Gasteiger partial charge in [0.05, 0.1) is 0 Å². The number of amides is 1. The van der Waals surface area contributed by atoms with Gasteiger partial charge >= 0.3 is 0 Å². The molecule has 0 spiro atoms. The van der Waals surface area contributed by atoms with E-state index in [1.54, 1.807) is 11.0 Å². The summed E-state index contributed by atoms with van der Waals surface area (Å²) in [7, 11) is 1.86. The molecule has 0 aromatic carbocycles. The lowest BCUT2D eigenvalue weighted by Crippen LogP contribution is -2.43. The third-order valence-corrected chi connectivity index (χ3v) is 4.25. The standard InChI is InChI=1S/C15H20N2O2/c1-16-10-8-13(15(16)19)17-9-4-5-11-12(17)6-2-3-7-14(11)18/h3,6-7,13,18H,2,4-5,8-10H2,1H3. The zero-order valence-corrected chi connectivity index (χ0v) is 11.3. The minimum Gasteiger partial charge on any atom is -0.508 e. The van der Waals surface area contributed by atoms with E-state index in [1.807, 2.05) is 13.1 Å². The first-order valence-corrected chi connectivity index (χ1v) is 6.99. The molecule has 4 heteroatoms. The van der Waals surface area contributed by atoms with E-state index in [0.29, 0.717) is 5.76 Å². The van der Waals surface area contributed by atoms with Gasteiger partial charge < -0.3 is 14.9 Å². The summed E-state index contributed by atoms with van der Waals surface area (Å²) in [6.45, 7) is 1.74.